The number of pyridine rings is 1. The van der Waals surface area contributed by atoms with E-state index in [-0.39, 0.29) is 5.69 Å². The van der Waals surface area contributed by atoms with Crippen LogP contribution in [0.2, 0.25) is 0 Å². The van der Waals surface area contributed by atoms with Gasteiger partial charge in [0.2, 0.25) is 0 Å². The average molecular weight is 346 g/mol. The highest BCUT2D eigenvalue weighted by molar-refractivity contribution is 5.35. The van der Waals surface area contributed by atoms with Crippen molar-refractivity contribution in [3.8, 4) is 0 Å². The van der Waals surface area contributed by atoms with Crippen LogP contribution in [0.1, 0.15) is 25.7 Å². The van der Waals surface area contributed by atoms with Crippen molar-refractivity contribution in [1.29, 1.82) is 0 Å². The Hall–Kier alpha value is -1.70. The van der Waals surface area contributed by atoms with Crippen LogP contribution in [-0.4, -0.2) is 64.1 Å². The summed E-state index contributed by atoms with van der Waals surface area (Å²) in [4.78, 5) is 14.8. The van der Waals surface area contributed by atoms with E-state index in [2.05, 4.69) is 10.00 Å². The van der Waals surface area contributed by atoms with Gasteiger partial charge in [-0.1, -0.05) is 6.07 Å². The second kappa shape index (κ2) is 7.68. The maximum absolute atomic E-state index is 12.4. The molecule has 7 nitrogen and oxygen atoms in total. The summed E-state index contributed by atoms with van der Waals surface area (Å²) in [5, 5.41) is 4.43. The van der Waals surface area contributed by atoms with Crippen LogP contribution < -0.4 is 5.69 Å². The van der Waals surface area contributed by atoms with Crippen molar-refractivity contribution in [2.24, 2.45) is 0 Å². The van der Waals surface area contributed by atoms with Crippen LogP contribution in [0.5, 0.6) is 0 Å². The smallest absolute Gasteiger partial charge is 0.350 e. The maximum Gasteiger partial charge on any atom is 0.350 e. The number of fused-ring (bicyclic) bond motifs is 1. The van der Waals surface area contributed by atoms with Crippen LogP contribution in [0.4, 0.5) is 0 Å². The third-order valence-electron chi connectivity index (χ3n) is 5.09. The molecule has 4 rings (SSSR count). The molecule has 0 saturated carbocycles. The van der Waals surface area contributed by atoms with E-state index < -0.39 is 0 Å². The Labute approximate surface area is 147 Å². The molecule has 0 aromatic carbocycles. The molecular formula is C18H26N4O3. The summed E-state index contributed by atoms with van der Waals surface area (Å²) in [6, 6.07) is 5.60. The molecule has 136 valence electrons. The lowest BCUT2D eigenvalue weighted by Crippen LogP contribution is -2.40. The van der Waals surface area contributed by atoms with Gasteiger partial charge in [-0.15, -0.1) is 5.10 Å². The quantitative estimate of drug-likeness (QED) is 0.753. The molecule has 2 aliphatic rings. The molecule has 2 aromatic heterocycles. The number of rotatable bonds is 7. The van der Waals surface area contributed by atoms with Gasteiger partial charge in [0.05, 0.1) is 18.8 Å². The van der Waals surface area contributed by atoms with Crippen LogP contribution in [0.25, 0.3) is 5.65 Å². The second-order valence-electron chi connectivity index (χ2n) is 6.96. The SMILES string of the molecule is O=c1n(CCN(C[C@@H]2CCCO2)C[C@@H]2CCCO2)nc2ccccn12. The van der Waals surface area contributed by atoms with Crippen molar-refractivity contribution >= 4 is 5.65 Å². The summed E-state index contributed by atoms with van der Waals surface area (Å²) in [5.41, 5.74) is 0.613. The third kappa shape index (κ3) is 3.94. The summed E-state index contributed by atoms with van der Waals surface area (Å²) < 4.78 is 14.8. The first-order valence-corrected chi connectivity index (χ1v) is 9.29. The molecule has 2 aromatic rings. The first-order valence-electron chi connectivity index (χ1n) is 9.29. The average Bonchev–Trinajstić information content (AvgIpc) is 3.36. The highest BCUT2D eigenvalue weighted by Gasteiger charge is 2.24. The molecule has 7 heteroatoms. The highest BCUT2D eigenvalue weighted by atomic mass is 16.5. The minimum Gasteiger partial charge on any atom is -0.377 e. The molecular weight excluding hydrogens is 320 g/mol. The van der Waals surface area contributed by atoms with E-state index in [9.17, 15) is 4.79 Å². The standard InChI is InChI=1S/C18H26N4O3/c23-18-21-8-2-1-7-17(21)19-22(18)10-9-20(13-15-5-3-11-24-15)14-16-6-4-12-25-16/h1-2,7-8,15-16H,3-6,9-14H2/t15-,16-/m0/s1. The van der Waals surface area contributed by atoms with E-state index in [1.165, 1.54) is 0 Å². The Bertz CT molecular complexity index is 726. The van der Waals surface area contributed by atoms with Gasteiger partial charge in [-0.2, -0.15) is 0 Å². The molecule has 0 radical (unpaired) electrons. The molecule has 2 atom stereocenters. The summed E-state index contributed by atoms with van der Waals surface area (Å²) in [6.07, 6.45) is 6.90. The monoisotopic (exact) mass is 346 g/mol. The lowest BCUT2D eigenvalue weighted by atomic mass is 10.2. The molecule has 2 saturated heterocycles. The molecule has 25 heavy (non-hydrogen) atoms. The van der Waals surface area contributed by atoms with E-state index >= 15 is 0 Å². The van der Waals surface area contributed by atoms with Crippen molar-refractivity contribution in [3.05, 3.63) is 34.9 Å². The van der Waals surface area contributed by atoms with Gasteiger partial charge in [0.15, 0.2) is 5.65 Å². The Morgan fingerprint density at radius 2 is 1.84 bits per heavy atom. The Kier molecular flexibility index (Phi) is 5.14. The summed E-state index contributed by atoms with van der Waals surface area (Å²) in [6.45, 7) is 4.90. The van der Waals surface area contributed by atoms with E-state index in [1.807, 2.05) is 18.2 Å². The van der Waals surface area contributed by atoms with Gasteiger partial charge < -0.3 is 9.47 Å². The topological polar surface area (TPSA) is 61.0 Å². The van der Waals surface area contributed by atoms with Crippen molar-refractivity contribution in [2.45, 2.75) is 44.4 Å². The molecule has 2 aliphatic heterocycles. The van der Waals surface area contributed by atoms with Gasteiger partial charge >= 0.3 is 5.69 Å². The third-order valence-corrected chi connectivity index (χ3v) is 5.09. The van der Waals surface area contributed by atoms with Crippen LogP contribution in [0, 0.1) is 0 Å². The molecule has 0 bridgehead atoms. The fourth-order valence-electron chi connectivity index (χ4n) is 3.76. The van der Waals surface area contributed by atoms with Crippen molar-refractivity contribution < 1.29 is 9.47 Å². The van der Waals surface area contributed by atoms with E-state index in [0.29, 0.717) is 24.4 Å². The van der Waals surface area contributed by atoms with E-state index in [1.54, 1.807) is 15.3 Å². The van der Waals surface area contributed by atoms with Crippen molar-refractivity contribution in [2.75, 3.05) is 32.8 Å². The molecule has 4 heterocycles. The van der Waals surface area contributed by atoms with Crippen molar-refractivity contribution in [1.82, 2.24) is 19.1 Å². The van der Waals surface area contributed by atoms with E-state index in [0.717, 1.165) is 58.5 Å². The minimum atomic E-state index is -0.0789. The minimum absolute atomic E-state index is 0.0789. The van der Waals surface area contributed by atoms with Gasteiger partial charge in [0, 0.05) is 39.0 Å². The Morgan fingerprint density at radius 3 is 2.44 bits per heavy atom. The van der Waals surface area contributed by atoms with Crippen LogP contribution >= 0.6 is 0 Å². The summed E-state index contributed by atoms with van der Waals surface area (Å²) in [7, 11) is 0. The first-order chi connectivity index (χ1) is 12.3. The largest absolute Gasteiger partial charge is 0.377 e. The maximum atomic E-state index is 12.4. The van der Waals surface area contributed by atoms with Gasteiger partial charge in [-0.3, -0.25) is 9.30 Å². The fourth-order valence-corrected chi connectivity index (χ4v) is 3.76. The molecule has 2 fully saturated rings. The zero-order valence-electron chi connectivity index (χ0n) is 14.5. The second-order valence-corrected chi connectivity index (χ2v) is 6.96. The van der Waals surface area contributed by atoms with Crippen molar-refractivity contribution in [3.63, 3.8) is 0 Å². The summed E-state index contributed by atoms with van der Waals surface area (Å²) >= 11 is 0. The number of aromatic nitrogens is 3. The van der Waals surface area contributed by atoms with Crippen LogP contribution in [0.3, 0.4) is 0 Å². The Morgan fingerprint density at radius 1 is 1.12 bits per heavy atom. The lowest BCUT2D eigenvalue weighted by molar-refractivity contribution is 0.0359. The van der Waals surface area contributed by atoms with Gasteiger partial charge in [-0.05, 0) is 37.8 Å². The predicted molar refractivity (Wildman–Crippen MR) is 93.8 cm³/mol. The molecule has 0 N–H and O–H groups in total. The number of nitrogens with zero attached hydrogens (tertiary/aromatic N) is 4. The Balaban J connectivity index is 1.42. The molecule has 0 unspecified atom stereocenters. The van der Waals surface area contributed by atoms with Gasteiger partial charge in [0.25, 0.3) is 0 Å². The first kappa shape index (κ1) is 16.8. The van der Waals surface area contributed by atoms with E-state index in [4.69, 9.17) is 9.47 Å². The van der Waals surface area contributed by atoms with Crippen LogP contribution in [-0.2, 0) is 16.0 Å². The highest BCUT2D eigenvalue weighted by Crippen LogP contribution is 2.17. The summed E-state index contributed by atoms with van der Waals surface area (Å²) in [5.74, 6) is 0. The zero-order chi connectivity index (χ0) is 17.1. The fraction of sp³-hybridized carbons (Fsp3) is 0.667. The number of hydrogen-bond acceptors (Lipinski definition) is 5. The zero-order valence-corrected chi connectivity index (χ0v) is 14.5. The van der Waals surface area contributed by atoms with Crippen LogP contribution in [0.15, 0.2) is 29.2 Å². The molecule has 0 aliphatic carbocycles. The van der Waals surface area contributed by atoms with Gasteiger partial charge in [0.1, 0.15) is 0 Å². The number of hydrogen-bond donors (Lipinski definition) is 0. The van der Waals surface area contributed by atoms with Gasteiger partial charge in [-0.25, -0.2) is 9.48 Å². The number of ether oxygens (including phenoxy) is 2. The predicted octanol–water partition coefficient (Wildman–Crippen LogP) is 1.16. The molecule has 0 spiro atoms. The molecule has 0 amide bonds. The lowest BCUT2D eigenvalue weighted by Gasteiger charge is -2.27. The normalized spacial score (nSPS) is 23.9.